The van der Waals surface area contributed by atoms with Gasteiger partial charge in [0, 0.05) is 5.56 Å². The molecule has 1 saturated heterocycles. The molecule has 0 radical (unpaired) electrons. The number of hydrogen-bond donors (Lipinski definition) is 0. The minimum absolute atomic E-state index is 0.0651. The maximum absolute atomic E-state index is 13.2. The number of amides is 2. The molecule has 0 bridgehead atoms. The zero-order valence-corrected chi connectivity index (χ0v) is 17.8. The summed E-state index contributed by atoms with van der Waals surface area (Å²) in [6.07, 6.45) is 0.931. The highest BCUT2D eigenvalue weighted by Gasteiger charge is 2.42. The smallest absolute Gasteiger partial charge is 0.264 e. The van der Waals surface area contributed by atoms with Crippen molar-refractivity contribution < 1.29 is 19.1 Å². The first-order valence-electron chi connectivity index (χ1n) is 10.1. The highest BCUT2D eigenvalue weighted by atomic mass is 16.5. The summed E-state index contributed by atoms with van der Waals surface area (Å²) < 4.78 is 10.4. The van der Waals surface area contributed by atoms with Gasteiger partial charge in [-0.1, -0.05) is 30.3 Å². The number of ether oxygens (including phenoxy) is 2. The molecule has 0 saturated carbocycles. The van der Waals surface area contributed by atoms with E-state index < -0.39 is 6.17 Å². The van der Waals surface area contributed by atoms with Gasteiger partial charge in [0.2, 0.25) is 0 Å². The molecule has 7 nitrogen and oxygen atoms in total. The lowest BCUT2D eigenvalue weighted by atomic mass is 10.1. The normalized spacial score (nSPS) is 15.9. The van der Waals surface area contributed by atoms with Crippen LogP contribution in [0.3, 0.4) is 0 Å². The Morgan fingerprint density at radius 3 is 2.09 bits per heavy atom. The Labute approximate surface area is 186 Å². The molecule has 0 spiro atoms. The number of nitrogens with zero attached hydrogens (tertiary/aromatic N) is 3. The van der Waals surface area contributed by atoms with Gasteiger partial charge in [-0.25, -0.2) is 5.01 Å². The van der Waals surface area contributed by atoms with Crippen LogP contribution in [0.4, 0.5) is 0 Å². The Hall–Kier alpha value is -4.13. The molecule has 0 N–H and O–H groups in total. The van der Waals surface area contributed by atoms with Crippen molar-refractivity contribution in [2.75, 3.05) is 20.8 Å². The van der Waals surface area contributed by atoms with Crippen LogP contribution in [0.15, 0.2) is 84.0 Å². The number of carbonyl (C=O) groups excluding carboxylic acids is 2. The minimum atomic E-state index is -0.671. The fourth-order valence-electron chi connectivity index (χ4n) is 3.55. The van der Waals surface area contributed by atoms with E-state index in [-0.39, 0.29) is 18.4 Å². The lowest BCUT2D eigenvalue weighted by Gasteiger charge is -2.27. The van der Waals surface area contributed by atoms with E-state index in [1.54, 1.807) is 56.8 Å². The van der Waals surface area contributed by atoms with E-state index in [4.69, 9.17) is 9.47 Å². The van der Waals surface area contributed by atoms with Crippen LogP contribution in [0.1, 0.15) is 27.7 Å². The third-order valence-corrected chi connectivity index (χ3v) is 5.23. The summed E-state index contributed by atoms with van der Waals surface area (Å²) in [5.74, 6) is 0.921. The van der Waals surface area contributed by atoms with Crippen molar-refractivity contribution in [3.05, 3.63) is 95.6 Å². The van der Waals surface area contributed by atoms with Crippen molar-refractivity contribution >= 4 is 18.0 Å². The highest BCUT2D eigenvalue weighted by molar-refractivity contribution is 5.98. The molecule has 0 unspecified atom stereocenters. The lowest BCUT2D eigenvalue weighted by Crippen LogP contribution is -2.33. The zero-order valence-electron chi connectivity index (χ0n) is 17.8. The number of benzene rings is 3. The average molecular weight is 429 g/mol. The van der Waals surface area contributed by atoms with E-state index in [0.29, 0.717) is 11.3 Å². The number of carbonyl (C=O) groups is 2. The van der Waals surface area contributed by atoms with Crippen LogP contribution < -0.4 is 9.47 Å². The summed E-state index contributed by atoms with van der Waals surface area (Å²) in [7, 11) is 3.19. The Balaban J connectivity index is 1.68. The van der Waals surface area contributed by atoms with Gasteiger partial charge in [-0.15, -0.1) is 0 Å². The third-order valence-electron chi connectivity index (χ3n) is 5.23. The van der Waals surface area contributed by atoms with Gasteiger partial charge in [-0.3, -0.25) is 9.59 Å². The number of hydrazone groups is 1. The molecule has 3 aromatic rings. The Morgan fingerprint density at radius 1 is 0.906 bits per heavy atom. The SMILES string of the molecule is COc1ccc(/C=N\N2C(=O)CN(C(=O)c3ccccc3)[C@H]2c2ccc(OC)cc2)cc1. The van der Waals surface area contributed by atoms with Crippen molar-refractivity contribution in [1.82, 2.24) is 9.91 Å². The van der Waals surface area contributed by atoms with Crippen LogP contribution in [0.2, 0.25) is 0 Å². The molecule has 3 aromatic carbocycles. The molecule has 1 atom stereocenters. The van der Waals surface area contributed by atoms with E-state index in [0.717, 1.165) is 16.9 Å². The quantitative estimate of drug-likeness (QED) is 0.560. The fourth-order valence-corrected chi connectivity index (χ4v) is 3.55. The fraction of sp³-hybridized carbons (Fsp3) is 0.160. The van der Waals surface area contributed by atoms with Crippen molar-refractivity contribution in [1.29, 1.82) is 0 Å². The molecule has 1 aliphatic heterocycles. The van der Waals surface area contributed by atoms with Gasteiger partial charge in [0.15, 0.2) is 6.17 Å². The maximum Gasteiger partial charge on any atom is 0.264 e. The molecule has 7 heteroatoms. The summed E-state index contributed by atoms with van der Waals surface area (Å²) in [6, 6.07) is 23.5. The first-order valence-corrected chi connectivity index (χ1v) is 10.1. The van der Waals surface area contributed by atoms with Gasteiger partial charge >= 0.3 is 0 Å². The molecule has 2 amide bonds. The van der Waals surface area contributed by atoms with Crippen molar-refractivity contribution in [2.24, 2.45) is 5.10 Å². The zero-order chi connectivity index (χ0) is 22.5. The first-order chi connectivity index (χ1) is 15.6. The number of hydrogen-bond acceptors (Lipinski definition) is 5. The summed E-state index contributed by atoms with van der Waals surface area (Å²) in [5.41, 5.74) is 2.08. The maximum atomic E-state index is 13.2. The number of rotatable bonds is 6. The molecule has 0 aliphatic carbocycles. The third kappa shape index (κ3) is 4.32. The second kappa shape index (κ2) is 9.34. The topological polar surface area (TPSA) is 71.4 Å². The van der Waals surface area contributed by atoms with Gasteiger partial charge in [-0.2, -0.15) is 5.10 Å². The van der Waals surface area contributed by atoms with Gasteiger partial charge in [-0.05, 0) is 59.7 Å². The van der Waals surface area contributed by atoms with Gasteiger partial charge in [0.05, 0.1) is 20.4 Å². The first kappa shape index (κ1) is 21.1. The van der Waals surface area contributed by atoms with Crippen LogP contribution in [0.25, 0.3) is 0 Å². The average Bonchev–Trinajstić information content (AvgIpc) is 3.19. The van der Waals surface area contributed by atoms with Crippen LogP contribution >= 0.6 is 0 Å². The predicted octanol–water partition coefficient (Wildman–Crippen LogP) is 3.72. The monoisotopic (exact) mass is 429 g/mol. The second-order valence-corrected chi connectivity index (χ2v) is 7.20. The van der Waals surface area contributed by atoms with Crippen LogP contribution in [0, 0.1) is 0 Å². The molecular weight excluding hydrogens is 406 g/mol. The van der Waals surface area contributed by atoms with Crippen LogP contribution in [0.5, 0.6) is 11.5 Å². The molecule has 1 heterocycles. The number of methoxy groups -OCH3 is 2. The molecule has 1 fully saturated rings. The van der Waals surface area contributed by atoms with E-state index in [1.165, 1.54) is 9.91 Å². The Morgan fingerprint density at radius 2 is 1.50 bits per heavy atom. The van der Waals surface area contributed by atoms with E-state index in [2.05, 4.69) is 5.10 Å². The summed E-state index contributed by atoms with van der Waals surface area (Å²) in [6.45, 7) is -0.0651. The summed E-state index contributed by atoms with van der Waals surface area (Å²) >= 11 is 0. The van der Waals surface area contributed by atoms with Gasteiger partial charge in [0.25, 0.3) is 11.8 Å². The highest BCUT2D eigenvalue weighted by Crippen LogP contribution is 2.33. The van der Waals surface area contributed by atoms with Crippen molar-refractivity contribution in [3.63, 3.8) is 0 Å². The molecule has 4 rings (SSSR count). The molecule has 162 valence electrons. The van der Waals surface area contributed by atoms with Crippen molar-refractivity contribution in [2.45, 2.75) is 6.17 Å². The second-order valence-electron chi connectivity index (χ2n) is 7.20. The molecule has 32 heavy (non-hydrogen) atoms. The van der Waals surface area contributed by atoms with E-state index >= 15 is 0 Å². The van der Waals surface area contributed by atoms with Crippen LogP contribution in [-0.2, 0) is 4.79 Å². The summed E-state index contributed by atoms with van der Waals surface area (Å²) in [5, 5.41) is 5.80. The largest absolute Gasteiger partial charge is 0.497 e. The lowest BCUT2D eigenvalue weighted by molar-refractivity contribution is -0.128. The molecule has 0 aromatic heterocycles. The Kier molecular flexibility index (Phi) is 6.17. The standard InChI is InChI=1S/C25H23N3O4/c1-31-21-12-8-18(9-13-21)16-26-28-23(29)17-27(25(30)20-6-4-3-5-7-20)24(28)19-10-14-22(32-2)15-11-19/h3-16,24H,17H2,1-2H3/b26-16-/t24-/m1/s1. The minimum Gasteiger partial charge on any atom is -0.497 e. The molecular formula is C25H23N3O4. The molecule has 1 aliphatic rings. The summed E-state index contributed by atoms with van der Waals surface area (Å²) in [4.78, 5) is 27.7. The van der Waals surface area contributed by atoms with Gasteiger partial charge in [0.1, 0.15) is 18.0 Å². The predicted molar refractivity (Wildman–Crippen MR) is 121 cm³/mol. The van der Waals surface area contributed by atoms with Crippen molar-refractivity contribution in [3.8, 4) is 11.5 Å². The van der Waals surface area contributed by atoms with E-state index in [1.807, 2.05) is 42.5 Å². The van der Waals surface area contributed by atoms with E-state index in [9.17, 15) is 9.59 Å². The van der Waals surface area contributed by atoms with Crippen LogP contribution in [-0.4, -0.2) is 48.7 Å². The Bertz CT molecular complexity index is 1110. The van der Waals surface area contributed by atoms with Gasteiger partial charge < -0.3 is 14.4 Å².